The highest BCUT2D eigenvalue weighted by atomic mass is 127. The molecule has 0 amide bonds. The predicted molar refractivity (Wildman–Crippen MR) is 77.7 cm³/mol. The van der Waals surface area contributed by atoms with Gasteiger partial charge in [0.25, 0.3) is 0 Å². The van der Waals surface area contributed by atoms with Crippen molar-refractivity contribution in [3.63, 3.8) is 0 Å². The molecule has 0 N–H and O–H groups in total. The zero-order valence-electron chi connectivity index (χ0n) is 8.97. The SMILES string of the molecule is Ic1cc2cccnc2nc1-c1ccccc1. The van der Waals surface area contributed by atoms with Crippen molar-refractivity contribution in [2.45, 2.75) is 0 Å². The van der Waals surface area contributed by atoms with E-state index in [-0.39, 0.29) is 0 Å². The Balaban J connectivity index is 2.27. The van der Waals surface area contributed by atoms with Crippen molar-refractivity contribution in [1.82, 2.24) is 9.97 Å². The molecule has 0 aliphatic heterocycles. The number of aromatic nitrogens is 2. The van der Waals surface area contributed by atoms with Gasteiger partial charge in [-0.05, 0) is 40.8 Å². The van der Waals surface area contributed by atoms with Gasteiger partial charge in [0, 0.05) is 20.7 Å². The van der Waals surface area contributed by atoms with E-state index >= 15 is 0 Å². The second kappa shape index (κ2) is 4.41. The molecule has 0 spiro atoms. The number of hydrogen-bond donors (Lipinski definition) is 0. The number of benzene rings is 1. The van der Waals surface area contributed by atoms with Crippen molar-refractivity contribution in [2.24, 2.45) is 0 Å². The molecule has 82 valence electrons. The molecule has 0 aliphatic carbocycles. The monoisotopic (exact) mass is 332 g/mol. The van der Waals surface area contributed by atoms with Crippen molar-refractivity contribution in [1.29, 1.82) is 0 Å². The summed E-state index contributed by atoms with van der Waals surface area (Å²) in [7, 11) is 0. The van der Waals surface area contributed by atoms with Crippen LogP contribution in [0.15, 0.2) is 54.7 Å². The van der Waals surface area contributed by atoms with E-state index in [2.05, 4.69) is 50.8 Å². The lowest BCUT2D eigenvalue weighted by molar-refractivity contribution is 1.28. The van der Waals surface area contributed by atoms with Crippen LogP contribution in [0.4, 0.5) is 0 Å². The molecule has 0 unspecified atom stereocenters. The lowest BCUT2D eigenvalue weighted by Gasteiger charge is -2.05. The second-order valence-corrected chi connectivity index (χ2v) is 4.90. The molecule has 0 fully saturated rings. The summed E-state index contributed by atoms with van der Waals surface area (Å²) in [6.45, 7) is 0. The van der Waals surface area contributed by atoms with Crippen LogP contribution >= 0.6 is 22.6 Å². The van der Waals surface area contributed by atoms with E-state index in [1.165, 1.54) is 0 Å². The predicted octanol–water partition coefficient (Wildman–Crippen LogP) is 3.90. The van der Waals surface area contributed by atoms with Gasteiger partial charge in [-0.2, -0.15) is 0 Å². The fourth-order valence-electron chi connectivity index (χ4n) is 1.78. The first-order valence-corrected chi connectivity index (χ1v) is 6.39. The topological polar surface area (TPSA) is 25.8 Å². The van der Waals surface area contributed by atoms with Gasteiger partial charge in [-0.1, -0.05) is 30.3 Å². The second-order valence-electron chi connectivity index (χ2n) is 3.73. The minimum absolute atomic E-state index is 0.798. The third kappa shape index (κ3) is 2.02. The van der Waals surface area contributed by atoms with Crippen LogP contribution in [0.5, 0.6) is 0 Å². The summed E-state index contributed by atoms with van der Waals surface area (Å²) in [5, 5.41) is 1.08. The molecule has 0 radical (unpaired) electrons. The van der Waals surface area contributed by atoms with Crippen molar-refractivity contribution in [2.75, 3.05) is 0 Å². The van der Waals surface area contributed by atoms with E-state index in [4.69, 9.17) is 0 Å². The lowest BCUT2D eigenvalue weighted by atomic mass is 10.1. The third-order valence-electron chi connectivity index (χ3n) is 2.59. The number of fused-ring (bicyclic) bond motifs is 1. The standard InChI is InChI=1S/C14H9IN2/c15-12-9-11-7-4-8-16-14(11)17-13(12)10-5-2-1-3-6-10/h1-9H. The highest BCUT2D eigenvalue weighted by Gasteiger charge is 2.06. The molecule has 0 atom stereocenters. The number of halogens is 1. The van der Waals surface area contributed by atoms with Crippen LogP contribution in [0.2, 0.25) is 0 Å². The molecule has 3 heteroatoms. The average molecular weight is 332 g/mol. The Labute approximate surface area is 113 Å². The van der Waals surface area contributed by atoms with Gasteiger partial charge in [0.1, 0.15) is 0 Å². The first kappa shape index (κ1) is 10.7. The van der Waals surface area contributed by atoms with Gasteiger partial charge in [-0.25, -0.2) is 9.97 Å². The normalized spacial score (nSPS) is 10.6. The molecule has 17 heavy (non-hydrogen) atoms. The zero-order chi connectivity index (χ0) is 11.7. The van der Waals surface area contributed by atoms with E-state index in [9.17, 15) is 0 Å². The van der Waals surface area contributed by atoms with Crippen LogP contribution < -0.4 is 0 Å². The zero-order valence-corrected chi connectivity index (χ0v) is 11.1. The molecule has 0 bridgehead atoms. The van der Waals surface area contributed by atoms with Gasteiger partial charge in [-0.3, -0.25) is 0 Å². The van der Waals surface area contributed by atoms with Gasteiger partial charge >= 0.3 is 0 Å². The summed E-state index contributed by atoms with van der Waals surface area (Å²) in [4.78, 5) is 8.92. The van der Waals surface area contributed by atoms with Gasteiger partial charge in [0.15, 0.2) is 5.65 Å². The van der Waals surface area contributed by atoms with Crippen LogP contribution in [0, 0.1) is 3.57 Å². The molecule has 1 aromatic carbocycles. The van der Waals surface area contributed by atoms with Crippen molar-refractivity contribution in [3.8, 4) is 11.3 Å². The Bertz CT molecular complexity index is 665. The molecule has 0 aliphatic rings. The van der Waals surface area contributed by atoms with E-state index in [1.807, 2.05) is 30.3 Å². The van der Waals surface area contributed by atoms with E-state index in [0.717, 1.165) is 25.9 Å². The summed E-state index contributed by atoms with van der Waals surface area (Å²) >= 11 is 2.32. The quantitative estimate of drug-likeness (QED) is 0.632. The summed E-state index contributed by atoms with van der Waals surface area (Å²) in [5.74, 6) is 0. The lowest BCUT2D eigenvalue weighted by Crippen LogP contribution is -1.91. The van der Waals surface area contributed by atoms with E-state index in [1.54, 1.807) is 6.20 Å². The molecule has 2 aromatic heterocycles. The molecule has 2 nitrogen and oxygen atoms in total. The molecule has 3 rings (SSSR count). The van der Waals surface area contributed by atoms with Gasteiger partial charge in [-0.15, -0.1) is 0 Å². The van der Waals surface area contributed by atoms with E-state index < -0.39 is 0 Å². The fourth-order valence-corrected chi connectivity index (χ4v) is 2.55. The van der Waals surface area contributed by atoms with Crippen LogP contribution in [-0.4, -0.2) is 9.97 Å². The summed E-state index contributed by atoms with van der Waals surface area (Å²) in [5.41, 5.74) is 2.92. The highest BCUT2D eigenvalue weighted by Crippen LogP contribution is 2.25. The van der Waals surface area contributed by atoms with Gasteiger partial charge in [0.2, 0.25) is 0 Å². The number of rotatable bonds is 1. The number of pyridine rings is 2. The first-order valence-electron chi connectivity index (χ1n) is 5.31. The molecule has 3 aromatic rings. The molecule has 0 saturated carbocycles. The van der Waals surface area contributed by atoms with Crippen LogP contribution in [0.25, 0.3) is 22.3 Å². The molecular formula is C14H9IN2. The van der Waals surface area contributed by atoms with Crippen molar-refractivity contribution >= 4 is 33.6 Å². The van der Waals surface area contributed by atoms with Crippen LogP contribution in [0.1, 0.15) is 0 Å². The van der Waals surface area contributed by atoms with Crippen LogP contribution in [0.3, 0.4) is 0 Å². The largest absolute Gasteiger partial charge is 0.237 e. The van der Waals surface area contributed by atoms with Crippen molar-refractivity contribution in [3.05, 3.63) is 58.3 Å². The molecule has 0 saturated heterocycles. The molecular weight excluding hydrogens is 323 g/mol. The maximum atomic E-state index is 4.63. The van der Waals surface area contributed by atoms with E-state index in [0.29, 0.717) is 0 Å². The number of nitrogens with zero attached hydrogens (tertiary/aromatic N) is 2. The Morgan fingerprint density at radius 3 is 2.59 bits per heavy atom. The highest BCUT2D eigenvalue weighted by molar-refractivity contribution is 14.1. The third-order valence-corrected chi connectivity index (χ3v) is 3.41. The molecule has 2 heterocycles. The van der Waals surface area contributed by atoms with Crippen LogP contribution in [-0.2, 0) is 0 Å². The average Bonchev–Trinajstić information content (AvgIpc) is 2.39. The Kier molecular flexibility index (Phi) is 2.76. The fraction of sp³-hybridized carbons (Fsp3) is 0. The number of hydrogen-bond acceptors (Lipinski definition) is 2. The first-order chi connectivity index (χ1) is 8.34. The maximum Gasteiger partial charge on any atom is 0.159 e. The minimum atomic E-state index is 0.798. The Morgan fingerprint density at radius 1 is 0.941 bits per heavy atom. The maximum absolute atomic E-state index is 4.63. The summed E-state index contributed by atoms with van der Waals surface area (Å²) in [6.07, 6.45) is 1.77. The van der Waals surface area contributed by atoms with Gasteiger partial charge in [0.05, 0.1) is 5.69 Å². The summed E-state index contributed by atoms with van der Waals surface area (Å²) < 4.78 is 1.15. The Morgan fingerprint density at radius 2 is 1.76 bits per heavy atom. The van der Waals surface area contributed by atoms with Crippen molar-refractivity contribution < 1.29 is 0 Å². The smallest absolute Gasteiger partial charge is 0.159 e. The van der Waals surface area contributed by atoms with Gasteiger partial charge < -0.3 is 0 Å². The summed E-state index contributed by atoms with van der Waals surface area (Å²) in [6, 6.07) is 16.3. The minimum Gasteiger partial charge on any atom is -0.237 e. The Hall–Kier alpha value is -1.49.